The van der Waals surface area contributed by atoms with Crippen molar-refractivity contribution in [2.24, 2.45) is 0 Å². The highest BCUT2D eigenvalue weighted by Gasteiger charge is 2.26. The van der Waals surface area contributed by atoms with Gasteiger partial charge in [-0.15, -0.1) is 0 Å². The minimum absolute atomic E-state index is 0.00676. The summed E-state index contributed by atoms with van der Waals surface area (Å²) in [5.41, 5.74) is 0.851. The van der Waals surface area contributed by atoms with Crippen LogP contribution in [0.3, 0.4) is 0 Å². The molecule has 0 spiro atoms. The predicted octanol–water partition coefficient (Wildman–Crippen LogP) is 5.55. The first-order chi connectivity index (χ1) is 23.1. The van der Waals surface area contributed by atoms with E-state index in [0.717, 1.165) is 0 Å². The van der Waals surface area contributed by atoms with Crippen molar-refractivity contribution >= 4 is 23.1 Å². The summed E-state index contributed by atoms with van der Waals surface area (Å²) in [6.45, 7) is 0. The van der Waals surface area contributed by atoms with E-state index in [1.807, 2.05) is 0 Å². The summed E-state index contributed by atoms with van der Waals surface area (Å²) in [6, 6.07) is 14.6. The van der Waals surface area contributed by atoms with Gasteiger partial charge in [0, 0.05) is 22.3 Å². The second-order valence-electron chi connectivity index (χ2n) is 10.0. The number of benzene rings is 4. The average Bonchev–Trinajstić information content (AvgIpc) is 3.14. The van der Waals surface area contributed by atoms with Gasteiger partial charge in [0.05, 0.1) is 56.9 Å². The zero-order chi connectivity index (χ0) is 35.1. The number of carbonyl (C=O) groups excluding carboxylic acids is 4. The molecule has 0 aliphatic carbocycles. The van der Waals surface area contributed by atoms with E-state index < -0.39 is 23.1 Å². The Kier molecular flexibility index (Phi) is 10.9. The number of methoxy groups -OCH3 is 8. The van der Waals surface area contributed by atoms with Crippen LogP contribution in [-0.4, -0.2) is 80.0 Å². The SMILES string of the molecule is COc1cc(C(=O)C(=O)c2cc(OC)c(OC)c(OC)c2)cc(-c2cc(OC)cc(C(=O)C(=O)c3cc(OC)c(OC)c(OC)c3)c2)c1. The van der Waals surface area contributed by atoms with Crippen LogP contribution in [0.15, 0.2) is 60.7 Å². The summed E-state index contributed by atoms with van der Waals surface area (Å²) in [4.78, 5) is 54.0. The lowest BCUT2D eigenvalue weighted by Crippen LogP contribution is -2.16. The molecule has 0 saturated heterocycles. The van der Waals surface area contributed by atoms with E-state index in [1.54, 1.807) is 12.1 Å². The maximum Gasteiger partial charge on any atom is 0.233 e. The topological polar surface area (TPSA) is 142 Å². The minimum atomic E-state index is -0.846. The van der Waals surface area contributed by atoms with Crippen molar-refractivity contribution in [2.75, 3.05) is 56.9 Å². The van der Waals surface area contributed by atoms with Gasteiger partial charge >= 0.3 is 0 Å². The van der Waals surface area contributed by atoms with Gasteiger partial charge in [0.1, 0.15) is 11.5 Å². The van der Waals surface area contributed by atoms with Crippen molar-refractivity contribution in [1.29, 1.82) is 0 Å². The fourth-order valence-corrected chi connectivity index (χ4v) is 4.98. The molecule has 0 fully saturated rings. The van der Waals surface area contributed by atoms with Crippen LogP contribution in [0.1, 0.15) is 41.4 Å². The van der Waals surface area contributed by atoms with E-state index in [0.29, 0.717) is 11.1 Å². The zero-order valence-corrected chi connectivity index (χ0v) is 27.7. The molecular weight excluding hydrogens is 624 g/mol. The first kappa shape index (κ1) is 34.8. The van der Waals surface area contributed by atoms with Gasteiger partial charge in [0.25, 0.3) is 0 Å². The molecule has 0 aliphatic rings. The van der Waals surface area contributed by atoms with Crippen molar-refractivity contribution in [3.8, 4) is 57.1 Å². The molecule has 0 saturated carbocycles. The Morgan fingerprint density at radius 3 is 0.833 bits per heavy atom. The van der Waals surface area contributed by atoms with Gasteiger partial charge in [0.15, 0.2) is 23.0 Å². The van der Waals surface area contributed by atoms with Crippen LogP contribution in [-0.2, 0) is 0 Å². The highest BCUT2D eigenvalue weighted by molar-refractivity contribution is 6.50. The van der Waals surface area contributed by atoms with E-state index in [1.165, 1.54) is 105 Å². The van der Waals surface area contributed by atoms with Crippen LogP contribution in [0.25, 0.3) is 11.1 Å². The van der Waals surface area contributed by atoms with Crippen molar-refractivity contribution in [3.05, 3.63) is 82.9 Å². The molecule has 12 heteroatoms. The normalized spacial score (nSPS) is 10.4. The molecule has 0 unspecified atom stereocenters. The standard InChI is InChI=1S/C36H34O12/c1-41-25-11-19(9-21(13-25)31(37)33(39)23-15-27(43-3)35(47-7)28(16-23)44-4)20-10-22(14-26(12-20)42-2)32(38)34(40)24-17-29(45-5)36(48-8)30(18-24)46-6/h9-18H,1-8H3. The number of hydrogen-bond acceptors (Lipinski definition) is 12. The van der Waals surface area contributed by atoms with E-state index in [2.05, 4.69) is 0 Å². The Hall–Kier alpha value is -6.04. The van der Waals surface area contributed by atoms with Crippen LogP contribution < -0.4 is 37.9 Å². The fourth-order valence-electron chi connectivity index (χ4n) is 4.98. The van der Waals surface area contributed by atoms with E-state index in [-0.39, 0.29) is 68.2 Å². The van der Waals surface area contributed by atoms with E-state index in [4.69, 9.17) is 37.9 Å². The molecule has 0 aliphatic heterocycles. The molecule has 0 atom stereocenters. The Morgan fingerprint density at radius 1 is 0.333 bits per heavy atom. The molecule has 4 aromatic rings. The molecule has 250 valence electrons. The zero-order valence-electron chi connectivity index (χ0n) is 27.7. The molecule has 0 aromatic heterocycles. The number of ether oxygens (including phenoxy) is 8. The third-order valence-electron chi connectivity index (χ3n) is 7.41. The minimum Gasteiger partial charge on any atom is -0.497 e. The van der Waals surface area contributed by atoms with Crippen LogP contribution in [0.2, 0.25) is 0 Å². The first-order valence-corrected chi connectivity index (χ1v) is 14.2. The van der Waals surface area contributed by atoms with Crippen molar-refractivity contribution in [1.82, 2.24) is 0 Å². The molecule has 0 bridgehead atoms. The van der Waals surface area contributed by atoms with Crippen LogP contribution in [0.5, 0.6) is 46.0 Å². The Bertz CT molecular complexity index is 1710. The summed E-state index contributed by atoms with van der Waals surface area (Å²) >= 11 is 0. The van der Waals surface area contributed by atoms with Gasteiger partial charge in [-0.05, 0) is 71.8 Å². The summed E-state index contributed by atoms with van der Waals surface area (Å²) in [6.07, 6.45) is 0. The summed E-state index contributed by atoms with van der Waals surface area (Å²) in [5, 5.41) is 0. The van der Waals surface area contributed by atoms with Crippen molar-refractivity contribution in [2.45, 2.75) is 0 Å². The third kappa shape index (κ3) is 6.87. The lowest BCUT2D eigenvalue weighted by Gasteiger charge is -2.14. The Labute approximate surface area is 277 Å². The highest BCUT2D eigenvalue weighted by Crippen LogP contribution is 2.40. The lowest BCUT2D eigenvalue weighted by molar-refractivity contribution is 0.0816. The van der Waals surface area contributed by atoms with Crippen LogP contribution >= 0.6 is 0 Å². The molecule has 0 heterocycles. The van der Waals surface area contributed by atoms with Gasteiger partial charge < -0.3 is 37.9 Å². The molecule has 48 heavy (non-hydrogen) atoms. The summed E-state index contributed by atoms with van der Waals surface area (Å²) in [7, 11) is 11.2. The van der Waals surface area contributed by atoms with Crippen molar-refractivity contribution in [3.63, 3.8) is 0 Å². The number of Topliss-reactive ketones (excluding diaryl/α,β-unsaturated/α-hetero) is 4. The predicted molar refractivity (Wildman–Crippen MR) is 174 cm³/mol. The Balaban J connectivity index is 1.76. The maximum atomic E-state index is 13.6. The molecule has 12 nitrogen and oxygen atoms in total. The number of carbonyl (C=O) groups is 4. The van der Waals surface area contributed by atoms with Gasteiger partial charge in [-0.1, -0.05) is 0 Å². The quantitative estimate of drug-likeness (QED) is 0.117. The molecule has 0 amide bonds. The summed E-state index contributed by atoms with van der Waals surface area (Å²) < 4.78 is 42.8. The largest absolute Gasteiger partial charge is 0.497 e. The summed E-state index contributed by atoms with van der Waals surface area (Å²) in [5.74, 6) is -1.51. The molecule has 4 rings (SSSR count). The smallest absolute Gasteiger partial charge is 0.233 e. The van der Waals surface area contributed by atoms with Gasteiger partial charge in [-0.2, -0.15) is 0 Å². The number of hydrogen-bond donors (Lipinski definition) is 0. The highest BCUT2D eigenvalue weighted by atomic mass is 16.5. The molecule has 0 radical (unpaired) electrons. The monoisotopic (exact) mass is 658 g/mol. The van der Waals surface area contributed by atoms with Crippen LogP contribution in [0, 0.1) is 0 Å². The second-order valence-corrected chi connectivity index (χ2v) is 10.0. The fraction of sp³-hybridized carbons (Fsp3) is 0.222. The third-order valence-corrected chi connectivity index (χ3v) is 7.41. The maximum absolute atomic E-state index is 13.6. The first-order valence-electron chi connectivity index (χ1n) is 14.2. The van der Waals surface area contributed by atoms with Gasteiger partial charge in [-0.25, -0.2) is 0 Å². The van der Waals surface area contributed by atoms with Crippen LogP contribution in [0.4, 0.5) is 0 Å². The van der Waals surface area contributed by atoms with Gasteiger partial charge in [0.2, 0.25) is 34.6 Å². The number of rotatable bonds is 15. The van der Waals surface area contributed by atoms with Crippen molar-refractivity contribution < 1.29 is 57.1 Å². The molecular formula is C36H34O12. The second kappa shape index (κ2) is 15.0. The molecule has 4 aromatic carbocycles. The van der Waals surface area contributed by atoms with E-state index >= 15 is 0 Å². The number of ketones is 4. The van der Waals surface area contributed by atoms with E-state index in [9.17, 15) is 19.2 Å². The molecule has 0 N–H and O–H groups in total. The Morgan fingerprint density at radius 2 is 0.604 bits per heavy atom. The lowest BCUT2D eigenvalue weighted by atomic mass is 9.94. The van der Waals surface area contributed by atoms with Gasteiger partial charge in [-0.3, -0.25) is 19.2 Å². The average molecular weight is 659 g/mol.